The van der Waals surface area contributed by atoms with Gasteiger partial charge in [-0.05, 0) is 23.7 Å². The number of benzene rings is 1. The van der Waals surface area contributed by atoms with E-state index < -0.39 is 10.1 Å². The van der Waals surface area contributed by atoms with Crippen molar-refractivity contribution < 1.29 is 13.0 Å². The third-order valence-corrected chi connectivity index (χ3v) is 3.23. The first-order valence-corrected chi connectivity index (χ1v) is 6.18. The summed E-state index contributed by atoms with van der Waals surface area (Å²) in [5, 5.41) is -0.163. The molecule has 0 unspecified atom stereocenters. The van der Waals surface area contributed by atoms with E-state index in [1.807, 2.05) is 0 Å². The quantitative estimate of drug-likeness (QED) is 0.491. The van der Waals surface area contributed by atoms with Crippen molar-refractivity contribution in [2.45, 2.75) is 4.90 Å². The van der Waals surface area contributed by atoms with Crippen molar-refractivity contribution in [2.24, 2.45) is 0 Å². The van der Waals surface area contributed by atoms with E-state index in [0.717, 1.165) is 0 Å². The lowest BCUT2D eigenvalue weighted by Gasteiger charge is -2.04. The molecule has 84 valence electrons. The summed E-state index contributed by atoms with van der Waals surface area (Å²) in [5.41, 5.74) is 0.250. The zero-order valence-corrected chi connectivity index (χ0v) is 9.88. The van der Waals surface area contributed by atoms with Crippen LogP contribution in [0.1, 0.15) is 0 Å². The summed E-state index contributed by atoms with van der Waals surface area (Å²) in [6.07, 6.45) is 0. The Hall–Kier alpha value is -0.950. The molecule has 1 heterocycles. The standard InChI is InChI=1S/C8H4Cl2N2O3S/c9-7-6-4(11-8(10)12-7)2-1-3-5(6)16(13,14)15/h1-3H,(H,13,14,15). The number of aromatic nitrogens is 2. The van der Waals surface area contributed by atoms with Crippen LogP contribution in [0.15, 0.2) is 23.1 Å². The number of halogens is 2. The molecular formula is C8H4Cl2N2O3S. The molecule has 0 aliphatic rings. The normalized spacial score (nSPS) is 11.9. The first-order valence-electron chi connectivity index (χ1n) is 3.99. The largest absolute Gasteiger partial charge is 0.295 e. The van der Waals surface area contributed by atoms with Crippen LogP contribution in [0.4, 0.5) is 0 Å². The van der Waals surface area contributed by atoms with Crippen molar-refractivity contribution in [2.75, 3.05) is 0 Å². The minimum atomic E-state index is -4.37. The maximum Gasteiger partial charge on any atom is 0.295 e. The Balaban J connectivity index is 2.99. The first-order chi connectivity index (χ1) is 7.39. The van der Waals surface area contributed by atoms with E-state index in [9.17, 15) is 8.42 Å². The van der Waals surface area contributed by atoms with Crippen LogP contribution in [0.25, 0.3) is 10.9 Å². The SMILES string of the molecule is O=S(=O)(O)c1cccc2nc(Cl)nc(Cl)c12. The lowest BCUT2D eigenvalue weighted by molar-refractivity contribution is 0.484. The van der Waals surface area contributed by atoms with E-state index >= 15 is 0 Å². The molecule has 5 nitrogen and oxygen atoms in total. The van der Waals surface area contributed by atoms with Crippen LogP contribution >= 0.6 is 23.2 Å². The minimum Gasteiger partial charge on any atom is -0.282 e. The van der Waals surface area contributed by atoms with Crippen molar-refractivity contribution in [1.82, 2.24) is 9.97 Å². The lowest BCUT2D eigenvalue weighted by atomic mass is 10.2. The molecule has 1 N–H and O–H groups in total. The summed E-state index contributed by atoms with van der Waals surface area (Å²) in [5.74, 6) is 0. The maximum atomic E-state index is 11.1. The number of hydrogen-bond donors (Lipinski definition) is 1. The highest BCUT2D eigenvalue weighted by molar-refractivity contribution is 7.86. The molecule has 8 heteroatoms. The summed E-state index contributed by atoms with van der Waals surface area (Å²) >= 11 is 11.3. The summed E-state index contributed by atoms with van der Waals surface area (Å²) in [7, 11) is -4.37. The van der Waals surface area contributed by atoms with Crippen LogP contribution in [0.5, 0.6) is 0 Å². The molecule has 16 heavy (non-hydrogen) atoms. The summed E-state index contributed by atoms with van der Waals surface area (Å²) in [4.78, 5) is 7.08. The Labute approximate surface area is 101 Å². The highest BCUT2D eigenvalue weighted by atomic mass is 35.5. The third kappa shape index (κ3) is 1.97. The molecule has 0 atom stereocenters. The van der Waals surface area contributed by atoms with Gasteiger partial charge in [0.25, 0.3) is 10.1 Å². The number of nitrogens with zero attached hydrogens (tertiary/aromatic N) is 2. The minimum absolute atomic E-state index is 0.0519. The van der Waals surface area contributed by atoms with Crippen LogP contribution in [0, 0.1) is 0 Å². The van der Waals surface area contributed by atoms with Crippen LogP contribution in [-0.4, -0.2) is 22.9 Å². The molecule has 0 aliphatic heterocycles. The van der Waals surface area contributed by atoms with E-state index in [2.05, 4.69) is 9.97 Å². The zero-order chi connectivity index (χ0) is 11.9. The average Bonchev–Trinajstić information content (AvgIpc) is 2.14. The smallest absolute Gasteiger partial charge is 0.282 e. The lowest BCUT2D eigenvalue weighted by Crippen LogP contribution is -2.00. The van der Waals surface area contributed by atoms with Crippen LogP contribution < -0.4 is 0 Å². The van der Waals surface area contributed by atoms with Gasteiger partial charge in [-0.1, -0.05) is 17.7 Å². The summed E-state index contributed by atoms with van der Waals surface area (Å²) < 4.78 is 31.2. The highest BCUT2D eigenvalue weighted by Gasteiger charge is 2.17. The van der Waals surface area contributed by atoms with Gasteiger partial charge >= 0.3 is 0 Å². The molecule has 0 radical (unpaired) electrons. The van der Waals surface area contributed by atoms with Gasteiger partial charge in [0.1, 0.15) is 10.0 Å². The maximum absolute atomic E-state index is 11.1. The van der Waals surface area contributed by atoms with Crippen molar-refractivity contribution in [1.29, 1.82) is 0 Å². The van der Waals surface area contributed by atoms with Gasteiger partial charge in [0, 0.05) is 0 Å². The summed E-state index contributed by atoms with van der Waals surface area (Å²) in [6.45, 7) is 0. The van der Waals surface area contributed by atoms with Gasteiger partial charge in [-0.3, -0.25) is 4.55 Å². The molecule has 0 saturated heterocycles. The predicted molar refractivity (Wildman–Crippen MR) is 59.4 cm³/mol. The second kappa shape index (κ2) is 3.81. The van der Waals surface area contributed by atoms with Gasteiger partial charge in [0.2, 0.25) is 5.28 Å². The monoisotopic (exact) mass is 278 g/mol. The Morgan fingerprint density at radius 3 is 2.50 bits per heavy atom. The van der Waals surface area contributed by atoms with Crippen LogP contribution in [-0.2, 0) is 10.1 Å². The molecule has 0 spiro atoms. The Kier molecular flexibility index (Phi) is 2.75. The molecule has 2 aromatic rings. The topological polar surface area (TPSA) is 80.2 Å². The molecule has 0 amide bonds. The number of fused-ring (bicyclic) bond motifs is 1. The molecule has 0 bridgehead atoms. The van der Waals surface area contributed by atoms with Crippen molar-refractivity contribution in [3.8, 4) is 0 Å². The first kappa shape index (κ1) is 11.5. The van der Waals surface area contributed by atoms with E-state index in [1.165, 1.54) is 18.2 Å². The Morgan fingerprint density at radius 1 is 1.19 bits per heavy atom. The fourth-order valence-corrected chi connectivity index (χ4v) is 2.56. The van der Waals surface area contributed by atoms with Gasteiger partial charge < -0.3 is 0 Å². The zero-order valence-electron chi connectivity index (χ0n) is 7.55. The molecular weight excluding hydrogens is 275 g/mol. The van der Waals surface area contributed by atoms with Crippen molar-refractivity contribution in [3.05, 3.63) is 28.6 Å². The van der Waals surface area contributed by atoms with Gasteiger partial charge in [-0.15, -0.1) is 0 Å². The van der Waals surface area contributed by atoms with E-state index in [0.29, 0.717) is 0 Å². The van der Waals surface area contributed by atoms with Gasteiger partial charge in [-0.25, -0.2) is 9.97 Å². The Morgan fingerprint density at radius 2 is 1.88 bits per heavy atom. The average molecular weight is 279 g/mol. The molecule has 0 aliphatic carbocycles. The van der Waals surface area contributed by atoms with E-state index in [4.69, 9.17) is 27.8 Å². The molecule has 2 rings (SSSR count). The van der Waals surface area contributed by atoms with Crippen LogP contribution in [0.3, 0.4) is 0 Å². The van der Waals surface area contributed by atoms with Crippen molar-refractivity contribution >= 4 is 44.2 Å². The second-order valence-corrected chi connectivity index (χ2v) is 4.99. The fraction of sp³-hybridized carbons (Fsp3) is 0. The van der Waals surface area contributed by atoms with Gasteiger partial charge in [0.05, 0.1) is 10.9 Å². The van der Waals surface area contributed by atoms with Crippen molar-refractivity contribution in [3.63, 3.8) is 0 Å². The predicted octanol–water partition coefficient (Wildman–Crippen LogP) is 2.18. The second-order valence-electron chi connectivity index (χ2n) is 2.91. The number of hydrogen-bond acceptors (Lipinski definition) is 4. The number of rotatable bonds is 1. The van der Waals surface area contributed by atoms with Gasteiger partial charge in [0.15, 0.2) is 0 Å². The van der Waals surface area contributed by atoms with E-state index in [-0.39, 0.29) is 26.2 Å². The van der Waals surface area contributed by atoms with Gasteiger partial charge in [-0.2, -0.15) is 8.42 Å². The molecule has 1 aromatic carbocycles. The third-order valence-electron chi connectivity index (χ3n) is 1.89. The van der Waals surface area contributed by atoms with Crippen LogP contribution in [0.2, 0.25) is 10.4 Å². The highest BCUT2D eigenvalue weighted by Crippen LogP contribution is 2.28. The summed E-state index contributed by atoms with van der Waals surface area (Å²) in [6, 6.07) is 4.15. The Bertz CT molecular complexity index is 672. The molecule has 0 fully saturated rings. The fourth-order valence-electron chi connectivity index (χ4n) is 1.30. The molecule has 0 saturated carbocycles. The van der Waals surface area contributed by atoms with E-state index in [1.54, 1.807) is 0 Å². The molecule has 1 aromatic heterocycles.